The molecule has 1 aromatic carbocycles. The summed E-state index contributed by atoms with van der Waals surface area (Å²) in [5.74, 6) is 0.242. The molecular formula is C15H17NO2. The Morgan fingerprint density at radius 3 is 2.56 bits per heavy atom. The summed E-state index contributed by atoms with van der Waals surface area (Å²) in [7, 11) is 0. The van der Waals surface area contributed by atoms with Crippen LogP contribution < -0.4 is 0 Å². The molecule has 1 atom stereocenters. The summed E-state index contributed by atoms with van der Waals surface area (Å²) in [6.07, 6.45) is 4.37. The summed E-state index contributed by atoms with van der Waals surface area (Å²) in [6.45, 7) is 2.05. The Morgan fingerprint density at radius 2 is 1.89 bits per heavy atom. The van der Waals surface area contributed by atoms with Crippen LogP contribution in [0.15, 0.2) is 42.7 Å². The second kappa shape index (κ2) is 5.65. The van der Waals surface area contributed by atoms with Crippen molar-refractivity contribution in [3.8, 4) is 5.75 Å². The van der Waals surface area contributed by atoms with Gasteiger partial charge in [0.05, 0.1) is 6.10 Å². The minimum absolute atomic E-state index is 0.242. The van der Waals surface area contributed by atoms with Gasteiger partial charge in [0.15, 0.2) is 0 Å². The van der Waals surface area contributed by atoms with E-state index in [1.54, 1.807) is 24.5 Å². The summed E-state index contributed by atoms with van der Waals surface area (Å²) >= 11 is 0. The van der Waals surface area contributed by atoms with Crippen LogP contribution in [-0.2, 0) is 12.8 Å². The van der Waals surface area contributed by atoms with E-state index in [1.165, 1.54) is 0 Å². The molecule has 0 spiro atoms. The van der Waals surface area contributed by atoms with Gasteiger partial charge >= 0.3 is 0 Å². The summed E-state index contributed by atoms with van der Waals surface area (Å²) in [4.78, 5) is 4.07. The van der Waals surface area contributed by atoms with E-state index >= 15 is 0 Å². The average Bonchev–Trinajstić information content (AvgIpc) is 2.41. The summed E-state index contributed by atoms with van der Waals surface area (Å²) in [6, 6.07) is 8.78. The highest BCUT2D eigenvalue weighted by Crippen LogP contribution is 2.22. The number of aliphatic hydroxyl groups is 1. The largest absolute Gasteiger partial charge is 0.508 e. The van der Waals surface area contributed by atoms with Crippen LogP contribution in [0, 0.1) is 0 Å². The molecule has 2 aromatic rings. The molecule has 0 fully saturated rings. The van der Waals surface area contributed by atoms with Crippen LogP contribution in [0.5, 0.6) is 5.75 Å². The first-order valence-corrected chi connectivity index (χ1v) is 6.09. The zero-order valence-corrected chi connectivity index (χ0v) is 10.4. The SMILES string of the molecule is CCc1cnccc1C(O)Cc1ccc(O)cc1. The Morgan fingerprint density at radius 1 is 1.17 bits per heavy atom. The lowest BCUT2D eigenvalue weighted by Crippen LogP contribution is -2.05. The molecule has 3 heteroatoms. The van der Waals surface area contributed by atoms with Crippen molar-refractivity contribution in [3.05, 3.63) is 59.4 Å². The highest BCUT2D eigenvalue weighted by Gasteiger charge is 2.12. The number of aryl methyl sites for hydroxylation is 1. The normalized spacial score (nSPS) is 12.3. The van der Waals surface area contributed by atoms with Gasteiger partial charge in [0.2, 0.25) is 0 Å². The quantitative estimate of drug-likeness (QED) is 0.868. The lowest BCUT2D eigenvalue weighted by atomic mass is 9.97. The lowest BCUT2D eigenvalue weighted by molar-refractivity contribution is 0.177. The number of aliphatic hydroxyl groups excluding tert-OH is 1. The van der Waals surface area contributed by atoms with Crippen LogP contribution in [0.25, 0.3) is 0 Å². The highest BCUT2D eigenvalue weighted by molar-refractivity contribution is 5.30. The van der Waals surface area contributed by atoms with Crippen molar-refractivity contribution in [3.63, 3.8) is 0 Å². The summed E-state index contributed by atoms with van der Waals surface area (Å²) < 4.78 is 0. The molecule has 1 aromatic heterocycles. The first-order chi connectivity index (χ1) is 8.70. The number of phenols is 1. The molecule has 0 bridgehead atoms. The summed E-state index contributed by atoms with van der Waals surface area (Å²) in [5.41, 5.74) is 3.00. The number of rotatable bonds is 4. The lowest BCUT2D eigenvalue weighted by Gasteiger charge is -2.14. The van der Waals surface area contributed by atoms with Crippen molar-refractivity contribution in [2.45, 2.75) is 25.9 Å². The van der Waals surface area contributed by atoms with Crippen molar-refractivity contribution >= 4 is 0 Å². The first-order valence-electron chi connectivity index (χ1n) is 6.09. The minimum atomic E-state index is -0.535. The number of benzene rings is 1. The van der Waals surface area contributed by atoms with E-state index in [4.69, 9.17) is 0 Å². The molecule has 2 rings (SSSR count). The van der Waals surface area contributed by atoms with Gasteiger partial charge in [-0.3, -0.25) is 4.98 Å². The second-order valence-corrected chi connectivity index (χ2v) is 4.31. The predicted molar refractivity (Wildman–Crippen MR) is 70.4 cm³/mol. The van der Waals surface area contributed by atoms with Crippen LogP contribution in [0.4, 0.5) is 0 Å². The minimum Gasteiger partial charge on any atom is -0.508 e. The Bertz CT molecular complexity index is 508. The van der Waals surface area contributed by atoms with Crippen molar-refractivity contribution in [1.82, 2.24) is 4.98 Å². The molecular weight excluding hydrogens is 226 g/mol. The summed E-state index contributed by atoms with van der Waals surface area (Å²) in [5, 5.41) is 19.5. The van der Waals surface area contributed by atoms with Gasteiger partial charge in [-0.25, -0.2) is 0 Å². The van der Waals surface area contributed by atoms with Crippen molar-refractivity contribution in [2.24, 2.45) is 0 Å². The molecule has 1 heterocycles. The Balaban J connectivity index is 2.16. The van der Waals surface area contributed by atoms with Crippen LogP contribution in [0.2, 0.25) is 0 Å². The second-order valence-electron chi connectivity index (χ2n) is 4.31. The topological polar surface area (TPSA) is 53.4 Å². The van der Waals surface area contributed by atoms with Gasteiger partial charge < -0.3 is 10.2 Å². The number of nitrogens with zero attached hydrogens (tertiary/aromatic N) is 1. The van der Waals surface area contributed by atoms with Crippen LogP contribution in [0.1, 0.15) is 29.7 Å². The third-order valence-corrected chi connectivity index (χ3v) is 3.05. The van der Waals surface area contributed by atoms with Crippen LogP contribution >= 0.6 is 0 Å². The zero-order chi connectivity index (χ0) is 13.0. The van der Waals surface area contributed by atoms with Crippen molar-refractivity contribution in [1.29, 1.82) is 0 Å². The molecule has 18 heavy (non-hydrogen) atoms. The van der Waals surface area contributed by atoms with E-state index in [0.717, 1.165) is 23.1 Å². The van der Waals surface area contributed by atoms with Gasteiger partial charge in [-0.1, -0.05) is 19.1 Å². The van der Waals surface area contributed by atoms with E-state index in [-0.39, 0.29) is 5.75 Å². The number of aromatic nitrogens is 1. The molecule has 0 saturated heterocycles. The maximum Gasteiger partial charge on any atom is 0.115 e. The van der Waals surface area contributed by atoms with Gasteiger partial charge in [-0.2, -0.15) is 0 Å². The van der Waals surface area contributed by atoms with Gasteiger partial charge in [0.1, 0.15) is 5.75 Å². The number of aromatic hydroxyl groups is 1. The molecule has 0 radical (unpaired) electrons. The number of phenolic OH excluding ortho intramolecular Hbond substituents is 1. The Hall–Kier alpha value is -1.87. The molecule has 94 valence electrons. The van der Waals surface area contributed by atoms with E-state index in [2.05, 4.69) is 4.98 Å². The monoisotopic (exact) mass is 243 g/mol. The van der Waals surface area contributed by atoms with Gasteiger partial charge in [-0.15, -0.1) is 0 Å². The standard InChI is InChI=1S/C15H17NO2/c1-2-12-10-16-8-7-14(12)15(18)9-11-3-5-13(17)6-4-11/h3-8,10,15,17-18H,2,9H2,1H3. The van der Waals surface area contributed by atoms with Crippen LogP contribution in [0.3, 0.4) is 0 Å². The fourth-order valence-electron chi connectivity index (χ4n) is 2.02. The third-order valence-electron chi connectivity index (χ3n) is 3.05. The molecule has 1 unspecified atom stereocenters. The number of hydrogen-bond donors (Lipinski definition) is 2. The maximum atomic E-state index is 10.3. The fraction of sp³-hybridized carbons (Fsp3) is 0.267. The number of hydrogen-bond acceptors (Lipinski definition) is 3. The van der Waals surface area contributed by atoms with E-state index in [9.17, 15) is 10.2 Å². The molecule has 0 amide bonds. The first kappa shape index (κ1) is 12.6. The Kier molecular flexibility index (Phi) is 3.95. The molecule has 0 aliphatic heterocycles. The zero-order valence-electron chi connectivity index (χ0n) is 10.4. The number of pyridine rings is 1. The van der Waals surface area contributed by atoms with E-state index in [1.807, 2.05) is 25.1 Å². The fourth-order valence-corrected chi connectivity index (χ4v) is 2.02. The molecule has 2 N–H and O–H groups in total. The highest BCUT2D eigenvalue weighted by atomic mass is 16.3. The van der Waals surface area contributed by atoms with Crippen molar-refractivity contribution < 1.29 is 10.2 Å². The Labute approximate surface area is 107 Å². The molecule has 0 aliphatic carbocycles. The molecule has 0 saturated carbocycles. The maximum absolute atomic E-state index is 10.3. The molecule has 0 aliphatic rings. The van der Waals surface area contributed by atoms with Crippen molar-refractivity contribution in [2.75, 3.05) is 0 Å². The average molecular weight is 243 g/mol. The van der Waals surface area contributed by atoms with Crippen LogP contribution in [-0.4, -0.2) is 15.2 Å². The smallest absolute Gasteiger partial charge is 0.115 e. The molecule has 3 nitrogen and oxygen atoms in total. The van der Waals surface area contributed by atoms with E-state index < -0.39 is 6.10 Å². The predicted octanol–water partition coefficient (Wildman–Crippen LogP) is 2.63. The van der Waals surface area contributed by atoms with Gasteiger partial charge in [0, 0.05) is 18.8 Å². The van der Waals surface area contributed by atoms with Gasteiger partial charge in [0.25, 0.3) is 0 Å². The van der Waals surface area contributed by atoms with E-state index in [0.29, 0.717) is 6.42 Å². The third kappa shape index (κ3) is 2.87. The van der Waals surface area contributed by atoms with Gasteiger partial charge in [-0.05, 0) is 41.3 Å².